The van der Waals surface area contributed by atoms with E-state index in [2.05, 4.69) is 6.92 Å². The minimum Gasteiger partial charge on any atom is -0.492 e. The molecule has 0 spiro atoms. The molecule has 0 amide bonds. The molecule has 0 aromatic heterocycles. The molecule has 92 valence electrons. The summed E-state index contributed by atoms with van der Waals surface area (Å²) in [5.41, 5.74) is 7.53. The van der Waals surface area contributed by atoms with Crippen LogP contribution in [0.1, 0.15) is 35.7 Å². The van der Waals surface area contributed by atoms with Crippen molar-refractivity contribution in [3.63, 3.8) is 0 Å². The lowest BCUT2D eigenvalue weighted by molar-refractivity contribution is 0.0914. The Labute approximate surface area is 102 Å². The molecule has 0 saturated heterocycles. The molecule has 2 rings (SSSR count). The first kappa shape index (κ1) is 12.1. The Balaban J connectivity index is 2.28. The second-order valence-electron chi connectivity index (χ2n) is 4.48. The number of hydrogen-bond acceptors (Lipinski definition) is 3. The fourth-order valence-corrected chi connectivity index (χ4v) is 2.33. The Morgan fingerprint density at radius 3 is 3.06 bits per heavy atom. The molecule has 1 atom stereocenters. The first-order valence-corrected chi connectivity index (χ1v) is 6.27. The van der Waals surface area contributed by atoms with Crippen molar-refractivity contribution in [2.75, 3.05) is 13.2 Å². The van der Waals surface area contributed by atoms with Crippen LogP contribution in [0.3, 0.4) is 0 Å². The minimum absolute atomic E-state index is 0.0734. The van der Waals surface area contributed by atoms with E-state index in [1.807, 2.05) is 18.2 Å². The van der Waals surface area contributed by atoms with Gasteiger partial charge in [0.15, 0.2) is 5.78 Å². The normalized spacial score (nSPS) is 15.2. The molecule has 1 aromatic rings. The number of ketones is 1. The predicted molar refractivity (Wildman–Crippen MR) is 67.4 cm³/mol. The maximum absolute atomic E-state index is 12.4. The molecule has 0 saturated carbocycles. The lowest BCUT2D eigenvalue weighted by Crippen LogP contribution is -2.24. The van der Waals surface area contributed by atoms with Crippen LogP contribution in [-0.2, 0) is 6.42 Å². The smallest absolute Gasteiger partial charge is 0.170 e. The fraction of sp³-hybridized carbons (Fsp3) is 0.500. The van der Waals surface area contributed by atoms with Crippen molar-refractivity contribution in [3.05, 3.63) is 29.3 Å². The quantitative estimate of drug-likeness (QED) is 0.793. The maximum Gasteiger partial charge on any atom is 0.170 e. The third-order valence-corrected chi connectivity index (χ3v) is 3.27. The number of hydrogen-bond donors (Lipinski definition) is 1. The van der Waals surface area contributed by atoms with Crippen LogP contribution in [0.15, 0.2) is 18.2 Å². The monoisotopic (exact) mass is 233 g/mol. The van der Waals surface area contributed by atoms with E-state index in [1.54, 1.807) is 0 Å². The van der Waals surface area contributed by atoms with E-state index in [-0.39, 0.29) is 11.7 Å². The summed E-state index contributed by atoms with van der Waals surface area (Å²) in [6.07, 6.45) is 2.72. The molecule has 0 aliphatic carbocycles. The van der Waals surface area contributed by atoms with Gasteiger partial charge in [-0.3, -0.25) is 4.79 Å². The average molecular weight is 233 g/mol. The van der Waals surface area contributed by atoms with Crippen molar-refractivity contribution in [3.8, 4) is 5.75 Å². The number of rotatable bonds is 5. The van der Waals surface area contributed by atoms with Gasteiger partial charge in [-0.15, -0.1) is 0 Å². The zero-order valence-electron chi connectivity index (χ0n) is 10.2. The summed E-state index contributed by atoms with van der Waals surface area (Å²) in [7, 11) is 0. The van der Waals surface area contributed by atoms with Crippen molar-refractivity contribution < 1.29 is 9.53 Å². The molecular formula is C14H19NO2. The molecule has 0 radical (unpaired) electrons. The number of para-hydroxylation sites is 1. The SMILES string of the molecule is CCCC(CN)C(=O)c1cccc2c1OCC2. The van der Waals surface area contributed by atoms with Gasteiger partial charge in [-0.25, -0.2) is 0 Å². The molecule has 1 aliphatic rings. The molecule has 1 aromatic carbocycles. The molecule has 0 bridgehead atoms. The van der Waals surface area contributed by atoms with Crippen molar-refractivity contribution >= 4 is 5.78 Å². The summed E-state index contributed by atoms with van der Waals surface area (Å²) in [4.78, 5) is 12.4. The highest BCUT2D eigenvalue weighted by atomic mass is 16.5. The zero-order valence-corrected chi connectivity index (χ0v) is 10.2. The Morgan fingerprint density at radius 2 is 2.35 bits per heavy atom. The van der Waals surface area contributed by atoms with Crippen LogP contribution in [0.25, 0.3) is 0 Å². The van der Waals surface area contributed by atoms with Crippen LogP contribution < -0.4 is 10.5 Å². The van der Waals surface area contributed by atoms with Crippen molar-refractivity contribution in [1.82, 2.24) is 0 Å². The summed E-state index contributed by atoms with van der Waals surface area (Å²) in [5, 5.41) is 0. The van der Waals surface area contributed by atoms with Gasteiger partial charge in [0.1, 0.15) is 5.75 Å². The van der Waals surface area contributed by atoms with Crippen molar-refractivity contribution in [2.24, 2.45) is 11.7 Å². The number of benzene rings is 1. The number of carbonyl (C=O) groups is 1. The number of Topliss-reactive ketones (excluding diaryl/α,β-unsaturated/α-hetero) is 1. The van der Waals surface area contributed by atoms with Crippen LogP contribution >= 0.6 is 0 Å². The van der Waals surface area contributed by atoms with Crippen LogP contribution in [0.5, 0.6) is 5.75 Å². The number of carbonyl (C=O) groups excluding carboxylic acids is 1. The molecule has 3 nitrogen and oxygen atoms in total. The lowest BCUT2D eigenvalue weighted by atomic mass is 9.92. The highest BCUT2D eigenvalue weighted by molar-refractivity contribution is 6.01. The standard InChI is InChI=1S/C14H19NO2/c1-2-4-11(9-15)13(16)12-6-3-5-10-7-8-17-14(10)12/h3,5-6,11H,2,4,7-9,15H2,1H3. The van der Waals surface area contributed by atoms with Crippen molar-refractivity contribution in [1.29, 1.82) is 0 Å². The molecule has 1 aliphatic heterocycles. The van der Waals surface area contributed by atoms with E-state index < -0.39 is 0 Å². The van der Waals surface area contributed by atoms with Crippen LogP contribution in [0.4, 0.5) is 0 Å². The molecular weight excluding hydrogens is 214 g/mol. The maximum atomic E-state index is 12.4. The number of fused-ring (bicyclic) bond motifs is 1. The van der Waals surface area contributed by atoms with Gasteiger partial charge in [-0.2, -0.15) is 0 Å². The molecule has 17 heavy (non-hydrogen) atoms. The van der Waals surface area contributed by atoms with Gasteiger partial charge >= 0.3 is 0 Å². The first-order chi connectivity index (χ1) is 8.27. The largest absolute Gasteiger partial charge is 0.492 e. The Kier molecular flexibility index (Phi) is 3.79. The van der Waals surface area contributed by atoms with Gasteiger partial charge in [-0.1, -0.05) is 25.5 Å². The number of ether oxygens (including phenoxy) is 1. The second-order valence-corrected chi connectivity index (χ2v) is 4.48. The molecule has 3 heteroatoms. The lowest BCUT2D eigenvalue weighted by Gasteiger charge is -2.14. The summed E-state index contributed by atoms with van der Waals surface area (Å²) >= 11 is 0. The van der Waals surface area contributed by atoms with Crippen molar-refractivity contribution in [2.45, 2.75) is 26.2 Å². The summed E-state index contributed by atoms with van der Waals surface area (Å²) in [5.74, 6) is 0.843. The highest BCUT2D eigenvalue weighted by Gasteiger charge is 2.24. The molecule has 0 fully saturated rings. The average Bonchev–Trinajstić information content (AvgIpc) is 2.83. The van der Waals surface area contributed by atoms with E-state index in [1.165, 1.54) is 0 Å². The minimum atomic E-state index is -0.0734. The van der Waals surface area contributed by atoms with E-state index in [0.29, 0.717) is 18.7 Å². The Hall–Kier alpha value is -1.35. The topological polar surface area (TPSA) is 52.3 Å². The van der Waals surface area contributed by atoms with E-state index in [0.717, 1.165) is 30.6 Å². The van der Waals surface area contributed by atoms with E-state index in [4.69, 9.17) is 10.5 Å². The number of nitrogens with two attached hydrogens (primary N) is 1. The van der Waals surface area contributed by atoms with E-state index in [9.17, 15) is 4.79 Å². The molecule has 2 N–H and O–H groups in total. The van der Waals surface area contributed by atoms with Crippen LogP contribution in [0.2, 0.25) is 0 Å². The molecule has 1 unspecified atom stereocenters. The van der Waals surface area contributed by atoms with E-state index >= 15 is 0 Å². The van der Waals surface area contributed by atoms with Crippen LogP contribution in [0, 0.1) is 5.92 Å². The highest BCUT2D eigenvalue weighted by Crippen LogP contribution is 2.31. The summed E-state index contributed by atoms with van der Waals surface area (Å²) in [6.45, 7) is 3.17. The predicted octanol–water partition coefficient (Wildman–Crippen LogP) is 2.18. The zero-order chi connectivity index (χ0) is 12.3. The third kappa shape index (κ3) is 2.34. The van der Waals surface area contributed by atoms with Crippen LogP contribution in [-0.4, -0.2) is 18.9 Å². The van der Waals surface area contributed by atoms with Gasteiger partial charge in [0.05, 0.1) is 12.2 Å². The third-order valence-electron chi connectivity index (χ3n) is 3.27. The fourth-order valence-electron chi connectivity index (χ4n) is 2.33. The Bertz CT molecular complexity index is 415. The van der Waals surface area contributed by atoms with Gasteiger partial charge in [0, 0.05) is 18.9 Å². The second kappa shape index (κ2) is 5.32. The molecule has 1 heterocycles. The summed E-state index contributed by atoms with van der Waals surface area (Å²) < 4.78 is 5.56. The van der Waals surface area contributed by atoms with Gasteiger partial charge in [-0.05, 0) is 18.1 Å². The summed E-state index contributed by atoms with van der Waals surface area (Å²) in [6, 6.07) is 5.81. The first-order valence-electron chi connectivity index (χ1n) is 6.27. The Morgan fingerprint density at radius 1 is 1.53 bits per heavy atom. The van der Waals surface area contributed by atoms with Gasteiger partial charge < -0.3 is 10.5 Å². The van der Waals surface area contributed by atoms with Gasteiger partial charge in [0.2, 0.25) is 0 Å². The van der Waals surface area contributed by atoms with Gasteiger partial charge in [0.25, 0.3) is 0 Å².